The van der Waals surface area contributed by atoms with Gasteiger partial charge in [0.1, 0.15) is 0 Å². The second kappa shape index (κ2) is 6.14. The molecule has 0 unspecified atom stereocenters. The molecule has 3 N–H and O–H groups in total. The van der Waals surface area contributed by atoms with Crippen molar-refractivity contribution in [3.05, 3.63) is 35.4 Å². The van der Waals surface area contributed by atoms with E-state index in [1.807, 2.05) is 0 Å². The topological polar surface area (TPSA) is 128 Å². The summed E-state index contributed by atoms with van der Waals surface area (Å²) in [7, 11) is -3.67. The van der Waals surface area contributed by atoms with Gasteiger partial charge >= 0.3 is 5.97 Å². The molecule has 0 atom stereocenters. The molecule has 9 heteroatoms. The van der Waals surface area contributed by atoms with Gasteiger partial charge in [0.2, 0.25) is 20.9 Å². The second-order valence-electron chi connectivity index (χ2n) is 4.91. The quantitative estimate of drug-likeness (QED) is 0.783. The zero-order valence-corrected chi connectivity index (χ0v) is 12.9. The number of hydrogen-bond donors (Lipinski definition) is 2. The maximum atomic E-state index is 12.1. The molecule has 1 aromatic heterocycles. The van der Waals surface area contributed by atoms with Crippen molar-refractivity contribution in [2.45, 2.75) is 30.9 Å². The number of ether oxygens (including phenoxy) is 1. The molecule has 8 nitrogen and oxygen atoms in total. The van der Waals surface area contributed by atoms with Gasteiger partial charge in [0.05, 0.1) is 17.4 Å². The third-order valence-corrected chi connectivity index (χ3v) is 4.15. The van der Waals surface area contributed by atoms with Crippen LogP contribution in [-0.2, 0) is 20.3 Å². The number of benzene rings is 1. The Morgan fingerprint density at radius 3 is 2.45 bits per heavy atom. The van der Waals surface area contributed by atoms with Gasteiger partial charge in [0.15, 0.2) is 0 Å². The minimum Gasteiger partial charge on any atom is -0.459 e. The number of rotatable bonds is 5. The van der Waals surface area contributed by atoms with Gasteiger partial charge in [0.25, 0.3) is 0 Å². The van der Waals surface area contributed by atoms with E-state index in [2.05, 4.69) is 15.2 Å². The maximum absolute atomic E-state index is 12.1. The molecule has 0 amide bonds. The Kier molecular flexibility index (Phi) is 4.45. The predicted molar refractivity (Wildman–Crippen MR) is 78.7 cm³/mol. The van der Waals surface area contributed by atoms with E-state index in [9.17, 15) is 13.2 Å². The van der Waals surface area contributed by atoms with Crippen LogP contribution < -0.4 is 5.73 Å². The van der Waals surface area contributed by atoms with Gasteiger partial charge < -0.3 is 10.5 Å². The molecule has 118 valence electrons. The fourth-order valence-electron chi connectivity index (χ4n) is 1.71. The van der Waals surface area contributed by atoms with Crippen LogP contribution in [0.1, 0.15) is 29.8 Å². The largest absolute Gasteiger partial charge is 0.459 e. The summed E-state index contributed by atoms with van der Waals surface area (Å²) in [4.78, 5) is 15.3. The lowest BCUT2D eigenvalue weighted by Gasteiger charge is -2.08. The van der Waals surface area contributed by atoms with Crippen molar-refractivity contribution in [3.8, 4) is 0 Å². The Morgan fingerprint density at radius 2 is 1.95 bits per heavy atom. The number of nitrogens with one attached hydrogen (secondary N) is 1. The Hall–Kier alpha value is -2.42. The molecule has 1 aromatic carbocycles. The first-order valence-electron chi connectivity index (χ1n) is 6.48. The standard InChI is InChI=1S/C13H16N4O4S/c1-8(2)21-11(18)10-5-3-9(4-6-10)7-22(19,20)13-15-12(14)16-17-13/h3-6,8H,7H2,1-2H3,(H3,14,15,16,17). The van der Waals surface area contributed by atoms with Crippen molar-refractivity contribution in [1.29, 1.82) is 0 Å². The number of nitrogen functional groups attached to an aromatic ring is 1. The van der Waals surface area contributed by atoms with E-state index in [1.54, 1.807) is 26.0 Å². The summed E-state index contributed by atoms with van der Waals surface area (Å²) in [5, 5.41) is 5.48. The van der Waals surface area contributed by atoms with Crippen LogP contribution in [0.25, 0.3) is 0 Å². The van der Waals surface area contributed by atoms with Crippen LogP contribution in [0.15, 0.2) is 29.4 Å². The molecular formula is C13H16N4O4S. The van der Waals surface area contributed by atoms with Crippen molar-refractivity contribution in [2.75, 3.05) is 5.73 Å². The zero-order valence-electron chi connectivity index (χ0n) is 12.1. The number of esters is 1. The highest BCUT2D eigenvalue weighted by atomic mass is 32.2. The van der Waals surface area contributed by atoms with Crippen LogP contribution >= 0.6 is 0 Å². The number of nitrogens with two attached hydrogens (primary N) is 1. The van der Waals surface area contributed by atoms with Gasteiger partial charge in [-0.1, -0.05) is 12.1 Å². The third-order valence-electron chi connectivity index (χ3n) is 2.67. The van der Waals surface area contributed by atoms with Gasteiger partial charge in [-0.3, -0.25) is 0 Å². The Labute approximate surface area is 127 Å². The summed E-state index contributed by atoms with van der Waals surface area (Å²) in [6.45, 7) is 3.50. The van der Waals surface area contributed by atoms with E-state index in [0.29, 0.717) is 11.1 Å². The normalized spacial score (nSPS) is 11.6. The minimum absolute atomic E-state index is 0.134. The average molecular weight is 324 g/mol. The van der Waals surface area contributed by atoms with E-state index in [-0.39, 0.29) is 23.0 Å². The van der Waals surface area contributed by atoms with Crippen LogP contribution in [-0.4, -0.2) is 35.7 Å². The molecule has 0 aliphatic heterocycles. The number of nitrogens with zero attached hydrogens (tertiary/aromatic N) is 2. The molecule has 0 saturated carbocycles. The van der Waals surface area contributed by atoms with E-state index in [0.717, 1.165) is 0 Å². The van der Waals surface area contributed by atoms with E-state index in [4.69, 9.17) is 10.5 Å². The van der Waals surface area contributed by atoms with Crippen molar-refractivity contribution in [1.82, 2.24) is 15.2 Å². The van der Waals surface area contributed by atoms with Crippen molar-refractivity contribution < 1.29 is 17.9 Å². The highest BCUT2D eigenvalue weighted by molar-refractivity contribution is 7.90. The molecule has 1 heterocycles. The first kappa shape index (κ1) is 16.0. The smallest absolute Gasteiger partial charge is 0.338 e. The van der Waals surface area contributed by atoms with Crippen molar-refractivity contribution in [3.63, 3.8) is 0 Å². The summed E-state index contributed by atoms with van der Waals surface area (Å²) >= 11 is 0. The maximum Gasteiger partial charge on any atom is 0.338 e. The van der Waals surface area contributed by atoms with Gasteiger partial charge in [-0.25, -0.2) is 18.3 Å². The van der Waals surface area contributed by atoms with Crippen LogP contribution in [0, 0.1) is 0 Å². The lowest BCUT2D eigenvalue weighted by atomic mass is 10.1. The SMILES string of the molecule is CC(C)OC(=O)c1ccc(CS(=O)(=O)c2nc(N)n[nH]2)cc1. The molecule has 0 aliphatic carbocycles. The fourth-order valence-corrected chi connectivity index (χ4v) is 2.89. The monoisotopic (exact) mass is 324 g/mol. The molecule has 22 heavy (non-hydrogen) atoms. The highest BCUT2D eigenvalue weighted by Crippen LogP contribution is 2.14. The van der Waals surface area contributed by atoms with Crippen LogP contribution in [0.4, 0.5) is 5.95 Å². The first-order valence-corrected chi connectivity index (χ1v) is 8.14. The summed E-state index contributed by atoms with van der Waals surface area (Å²) in [6, 6.07) is 6.14. The van der Waals surface area contributed by atoms with Gasteiger partial charge in [-0.05, 0) is 31.5 Å². The van der Waals surface area contributed by atoms with E-state index < -0.39 is 15.8 Å². The van der Waals surface area contributed by atoms with Crippen molar-refractivity contribution >= 4 is 21.8 Å². The van der Waals surface area contributed by atoms with Gasteiger partial charge in [-0.15, -0.1) is 5.10 Å². The van der Waals surface area contributed by atoms with E-state index >= 15 is 0 Å². The lowest BCUT2D eigenvalue weighted by Crippen LogP contribution is -2.12. The number of anilines is 1. The number of carbonyl (C=O) groups is 1. The average Bonchev–Trinajstić information content (AvgIpc) is 2.86. The van der Waals surface area contributed by atoms with Crippen LogP contribution in [0.5, 0.6) is 0 Å². The molecule has 0 fully saturated rings. The summed E-state index contributed by atoms with van der Waals surface area (Å²) in [6.07, 6.45) is -0.218. The molecule has 0 spiro atoms. The molecule has 0 saturated heterocycles. The summed E-state index contributed by atoms with van der Waals surface area (Å²) < 4.78 is 29.3. The second-order valence-corrected chi connectivity index (χ2v) is 6.81. The summed E-state index contributed by atoms with van der Waals surface area (Å²) in [5.41, 5.74) is 6.16. The molecule has 0 aliphatic rings. The summed E-state index contributed by atoms with van der Waals surface area (Å²) in [5.74, 6) is -0.862. The number of carbonyl (C=O) groups excluding carboxylic acids is 1. The van der Waals surface area contributed by atoms with Gasteiger partial charge in [0, 0.05) is 0 Å². The minimum atomic E-state index is -3.67. The zero-order chi connectivity index (χ0) is 16.3. The molecule has 0 radical (unpaired) electrons. The van der Waals surface area contributed by atoms with Crippen LogP contribution in [0.3, 0.4) is 0 Å². The number of H-pyrrole nitrogens is 1. The lowest BCUT2D eigenvalue weighted by molar-refractivity contribution is 0.0378. The third kappa shape index (κ3) is 3.82. The number of aromatic nitrogens is 3. The Morgan fingerprint density at radius 1 is 1.32 bits per heavy atom. The Balaban J connectivity index is 2.13. The molecular weight excluding hydrogens is 308 g/mol. The fraction of sp³-hybridized carbons (Fsp3) is 0.308. The molecule has 2 rings (SSSR count). The van der Waals surface area contributed by atoms with E-state index in [1.165, 1.54) is 12.1 Å². The highest BCUT2D eigenvalue weighted by Gasteiger charge is 2.20. The first-order chi connectivity index (χ1) is 10.3. The molecule has 2 aromatic rings. The number of sulfone groups is 1. The Bertz CT molecular complexity index is 766. The number of hydrogen-bond acceptors (Lipinski definition) is 7. The molecule has 0 bridgehead atoms. The van der Waals surface area contributed by atoms with Crippen LogP contribution in [0.2, 0.25) is 0 Å². The predicted octanol–water partition coefficient (Wildman–Crippen LogP) is 0.926. The van der Waals surface area contributed by atoms with Crippen molar-refractivity contribution in [2.24, 2.45) is 0 Å². The number of aromatic amines is 1. The van der Waals surface area contributed by atoms with Gasteiger partial charge in [-0.2, -0.15) is 4.98 Å².